The molecule has 1 N–H and O–H groups in total. The number of hydrogen-bond acceptors (Lipinski definition) is 6. The van der Waals surface area contributed by atoms with Crippen LogP contribution < -0.4 is 5.32 Å². The van der Waals surface area contributed by atoms with Gasteiger partial charge in [0.15, 0.2) is 0 Å². The summed E-state index contributed by atoms with van der Waals surface area (Å²) in [7, 11) is 0. The van der Waals surface area contributed by atoms with E-state index in [1.165, 1.54) is 6.33 Å². The van der Waals surface area contributed by atoms with Crippen LogP contribution in [0, 0.1) is 6.92 Å². The molecule has 3 rings (SSSR count). The Labute approximate surface area is 134 Å². The molecule has 1 aliphatic rings. The molecule has 23 heavy (non-hydrogen) atoms. The zero-order valence-electron chi connectivity index (χ0n) is 13.4. The molecule has 1 aliphatic heterocycles. The lowest BCUT2D eigenvalue weighted by atomic mass is 10.0. The molecule has 0 aliphatic carbocycles. The van der Waals surface area contributed by atoms with Gasteiger partial charge in [0.25, 0.3) is 0 Å². The molecule has 0 aromatic carbocycles. The fourth-order valence-electron chi connectivity index (χ4n) is 2.72. The van der Waals surface area contributed by atoms with Gasteiger partial charge in [0.2, 0.25) is 5.91 Å². The number of aromatic nitrogens is 5. The topological polar surface area (TPSA) is 88.8 Å². The lowest BCUT2D eigenvalue weighted by Gasteiger charge is -2.34. The second-order valence-electron chi connectivity index (χ2n) is 5.86. The Morgan fingerprint density at radius 1 is 1.30 bits per heavy atom. The molecule has 0 bridgehead atoms. The smallest absolute Gasteiger partial charge is 0.247 e. The summed E-state index contributed by atoms with van der Waals surface area (Å²) in [5.74, 6) is 0.875. The highest BCUT2D eigenvalue weighted by Gasteiger charge is 2.27. The first-order chi connectivity index (χ1) is 11.1. The van der Waals surface area contributed by atoms with Crippen molar-refractivity contribution in [2.75, 3.05) is 18.4 Å². The maximum Gasteiger partial charge on any atom is 0.247 e. The Morgan fingerprint density at radius 2 is 2.09 bits per heavy atom. The number of rotatable bonds is 4. The minimum Gasteiger partial charge on any atom is -0.366 e. The minimum atomic E-state index is -0.315. The summed E-state index contributed by atoms with van der Waals surface area (Å²) in [6.07, 6.45) is 4.81. The zero-order chi connectivity index (χ0) is 16.2. The molecule has 8 nitrogen and oxygen atoms in total. The highest BCUT2D eigenvalue weighted by Crippen LogP contribution is 2.18. The maximum absolute atomic E-state index is 12.5. The molecule has 1 fully saturated rings. The molecular weight excluding hydrogens is 294 g/mol. The Kier molecular flexibility index (Phi) is 4.50. The van der Waals surface area contributed by atoms with E-state index in [-0.39, 0.29) is 11.9 Å². The van der Waals surface area contributed by atoms with Crippen molar-refractivity contribution in [1.82, 2.24) is 29.9 Å². The summed E-state index contributed by atoms with van der Waals surface area (Å²) < 4.78 is 1.59. The molecule has 0 unspecified atom stereocenters. The monoisotopic (exact) mass is 315 g/mol. The zero-order valence-corrected chi connectivity index (χ0v) is 13.4. The fourth-order valence-corrected chi connectivity index (χ4v) is 2.72. The first-order valence-electron chi connectivity index (χ1n) is 7.83. The fraction of sp³-hybridized carbons (Fsp3) is 0.533. The molecule has 122 valence electrons. The van der Waals surface area contributed by atoms with Crippen molar-refractivity contribution in [1.29, 1.82) is 0 Å². The molecule has 1 saturated heterocycles. The number of amides is 1. The summed E-state index contributed by atoms with van der Waals surface area (Å²) >= 11 is 0. The van der Waals surface area contributed by atoms with Gasteiger partial charge in [-0.05, 0) is 38.8 Å². The van der Waals surface area contributed by atoms with E-state index in [0.717, 1.165) is 37.4 Å². The van der Waals surface area contributed by atoms with Gasteiger partial charge in [-0.15, -0.1) is 5.10 Å². The van der Waals surface area contributed by atoms with E-state index < -0.39 is 0 Å². The standard InChI is InChI=1S/C15H21N7O/c1-11-3-4-14(20-19-11)18-13-5-7-21(8-6-13)15(23)12(2)22-10-16-9-17-22/h3-4,9-10,12-13H,5-8H2,1-2H3,(H,18,20)/t12-/m0/s1. The summed E-state index contributed by atoms with van der Waals surface area (Å²) in [6.45, 7) is 5.23. The van der Waals surface area contributed by atoms with Crippen LogP contribution >= 0.6 is 0 Å². The number of nitrogens with one attached hydrogen (secondary N) is 1. The molecule has 0 saturated carbocycles. The van der Waals surface area contributed by atoms with E-state index in [9.17, 15) is 4.79 Å². The third kappa shape index (κ3) is 3.64. The van der Waals surface area contributed by atoms with E-state index in [4.69, 9.17) is 0 Å². The SMILES string of the molecule is Cc1ccc(NC2CCN(C(=O)[C@H](C)n3cncn3)CC2)nn1. The van der Waals surface area contributed by atoms with Crippen LogP contribution in [0.4, 0.5) is 5.82 Å². The lowest BCUT2D eigenvalue weighted by Crippen LogP contribution is -2.44. The van der Waals surface area contributed by atoms with E-state index >= 15 is 0 Å². The van der Waals surface area contributed by atoms with Crippen LogP contribution in [-0.2, 0) is 4.79 Å². The van der Waals surface area contributed by atoms with Crippen molar-refractivity contribution >= 4 is 11.7 Å². The van der Waals surface area contributed by atoms with Gasteiger partial charge in [-0.2, -0.15) is 10.2 Å². The summed E-state index contributed by atoms with van der Waals surface area (Å²) in [5.41, 5.74) is 0.901. The molecule has 1 amide bonds. The van der Waals surface area contributed by atoms with Crippen molar-refractivity contribution in [3.05, 3.63) is 30.5 Å². The summed E-state index contributed by atoms with van der Waals surface area (Å²) in [4.78, 5) is 18.3. The van der Waals surface area contributed by atoms with Gasteiger partial charge in [0.1, 0.15) is 24.5 Å². The Balaban J connectivity index is 1.52. The van der Waals surface area contributed by atoms with Crippen LogP contribution in [0.15, 0.2) is 24.8 Å². The van der Waals surface area contributed by atoms with Gasteiger partial charge in [0, 0.05) is 19.1 Å². The van der Waals surface area contributed by atoms with Crippen LogP contribution in [0.5, 0.6) is 0 Å². The lowest BCUT2D eigenvalue weighted by molar-refractivity contribution is -0.135. The van der Waals surface area contributed by atoms with Gasteiger partial charge >= 0.3 is 0 Å². The van der Waals surface area contributed by atoms with Crippen LogP contribution in [0.2, 0.25) is 0 Å². The molecule has 2 aromatic heterocycles. The average Bonchev–Trinajstić information content (AvgIpc) is 3.11. The molecule has 0 radical (unpaired) electrons. The maximum atomic E-state index is 12.5. The van der Waals surface area contributed by atoms with Crippen LogP contribution in [0.3, 0.4) is 0 Å². The van der Waals surface area contributed by atoms with Crippen LogP contribution in [0.1, 0.15) is 31.5 Å². The van der Waals surface area contributed by atoms with Gasteiger partial charge < -0.3 is 10.2 Å². The minimum absolute atomic E-state index is 0.0871. The number of hydrogen-bond donors (Lipinski definition) is 1. The Bertz CT molecular complexity index is 632. The second-order valence-corrected chi connectivity index (χ2v) is 5.86. The van der Waals surface area contributed by atoms with Gasteiger partial charge in [0.05, 0.1) is 5.69 Å². The molecule has 1 atom stereocenters. The number of carbonyl (C=O) groups is 1. The van der Waals surface area contributed by atoms with Gasteiger partial charge in [-0.3, -0.25) is 4.79 Å². The average molecular weight is 315 g/mol. The molecule has 0 spiro atoms. The number of anilines is 1. The quantitative estimate of drug-likeness (QED) is 0.907. The Hall–Kier alpha value is -2.51. The van der Waals surface area contributed by atoms with Crippen molar-refractivity contribution in [3.63, 3.8) is 0 Å². The third-order valence-corrected chi connectivity index (χ3v) is 4.15. The second kappa shape index (κ2) is 6.72. The largest absolute Gasteiger partial charge is 0.366 e. The van der Waals surface area contributed by atoms with Crippen molar-refractivity contribution in [2.24, 2.45) is 0 Å². The summed E-state index contributed by atoms with van der Waals surface area (Å²) in [6, 6.07) is 3.88. The predicted octanol–water partition coefficient (Wildman–Crippen LogP) is 1.04. The van der Waals surface area contributed by atoms with Gasteiger partial charge in [-0.25, -0.2) is 9.67 Å². The predicted molar refractivity (Wildman–Crippen MR) is 84.7 cm³/mol. The van der Waals surface area contributed by atoms with Crippen LogP contribution in [0.25, 0.3) is 0 Å². The first-order valence-corrected chi connectivity index (χ1v) is 7.83. The molecular formula is C15H21N7O. The van der Waals surface area contributed by atoms with E-state index in [2.05, 4.69) is 25.6 Å². The highest BCUT2D eigenvalue weighted by molar-refractivity contribution is 5.80. The summed E-state index contributed by atoms with van der Waals surface area (Å²) in [5, 5.41) is 15.6. The van der Waals surface area contributed by atoms with Crippen molar-refractivity contribution in [2.45, 2.75) is 38.8 Å². The van der Waals surface area contributed by atoms with E-state index in [1.54, 1.807) is 11.0 Å². The van der Waals surface area contributed by atoms with Crippen molar-refractivity contribution < 1.29 is 4.79 Å². The van der Waals surface area contributed by atoms with Crippen molar-refractivity contribution in [3.8, 4) is 0 Å². The Morgan fingerprint density at radius 3 is 2.70 bits per heavy atom. The number of likely N-dealkylation sites (tertiary alicyclic amines) is 1. The third-order valence-electron chi connectivity index (χ3n) is 4.15. The number of piperidine rings is 1. The normalized spacial score (nSPS) is 17.0. The van der Waals surface area contributed by atoms with Crippen LogP contribution in [-0.4, -0.2) is 54.9 Å². The molecule has 8 heteroatoms. The highest BCUT2D eigenvalue weighted by atomic mass is 16.2. The number of aryl methyl sites for hydroxylation is 1. The molecule has 3 heterocycles. The van der Waals surface area contributed by atoms with Gasteiger partial charge in [-0.1, -0.05) is 0 Å². The number of nitrogens with zero attached hydrogens (tertiary/aromatic N) is 6. The first kappa shape index (κ1) is 15.4. The van der Waals surface area contributed by atoms with E-state index in [0.29, 0.717) is 6.04 Å². The number of carbonyl (C=O) groups excluding carboxylic acids is 1. The van der Waals surface area contributed by atoms with E-state index in [1.807, 2.05) is 30.9 Å². The molecule has 2 aromatic rings.